The number of hydrogen-bond acceptors (Lipinski definition) is 1. The summed E-state index contributed by atoms with van der Waals surface area (Å²) in [5.41, 5.74) is 0.437. The summed E-state index contributed by atoms with van der Waals surface area (Å²) >= 11 is 5.82. The Morgan fingerprint density at radius 3 is 2.53 bits per heavy atom. The maximum Gasteiger partial charge on any atom is 0.129 e. The molecule has 1 unspecified atom stereocenters. The molecule has 0 spiro atoms. The molecule has 1 aromatic carbocycles. The lowest BCUT2D eigenvalue weighted by molar-refractivity contribution is 0.155. The standard InChI is InChI=1S/C14H19ClFN/c1-13(2,3)14(7-4-8-17-14)11-6-5-10(15)9-12(11)16/h5-6,9,17H,4,7-8H2,1-3H3. The Morgan fingerprint density at radius 1 is 1.35 bits per heavy atom. The maximum atomic E-state index is 14.2. The second-order valence-corrected chi connectivity index (χ2v) is 6.25. The molecule has 1 aliphatic rings. The molecule has 1 aliphatic heterocycles. The lowest BCUT2D eigenvalue weighted by Crippen LogP contribution is -2.48. The van der Waals surface area contributed by atoms with Crippen molar-refractivity contribution in [2.45, 2.75) is 39.2 Å². The van der Waals surface area contributed by atoms with E-state index in [2.05, 4.69) is 26.1 Å². The summed E-state index contributed by atoms with van der Waals surface area (Å²) in [5.74, 6) is -0.207. The van der Waals surface area contributed by atoms with Crippen LogP contribution < -0.4 is 5.32 Å². The van der Waals surface area contributed by atoms with E-state index in [1.807, 2.05) is 6.07 Å². The van der Waals surface area contributed by atoms with Gasteiger partial charge in [-0.25, -0.2) is 4.39 Å². The molecule has 0 amide bonds. The van der Waals surface area contributed by atoms with Gasteiger partial charge in [0.1, 0.15) is 5.82 Å². The SMILES string of the molecule is CC(C)(C)C1(c2ccc(Cl)cc2F)CCCN1. The minimum Gasteiger partial charge on any atom is -0.307 e. The van der Waals surface area contributed by atoms with Gasteiger partial charge in [0.05, 0.1) is 5.54 Å². The second-order valence-electron chi connectivity index (χ2n) is 5.81. The summed E-state index contributed by atoms with van der Waals surface area (Å²) in [6, 6.07) is 5.00. The summed E-state index contributed by atoms with van der Waals surface area (Å²) in [7, 11) is 0. The molecule has 0 aromatic heterocycles. The van der Waals surface area contributed by atoms with E-state index in [1.54, 1.807) is 6.07 Å². The van der Waals surface area contributed by atoms with Gasteiger partial charge < -0.3 is 5.32 Å². The van der Waals surface area contributed by atoms with Crippen LogP contribution >= 0.6 is 11.6 Å². The van der Waals surface area contributed by atoms with Gasteiger partial charge in [-0.3, -0.25) is 0 Å². The number of halogens is 2. The molecule has 2 rings (SSSR count). The lowest BCUT2D eigenvalue weighted by Gasteiger charge is -2.43. The molecule has 1 atom stereocenters. The third kappa shape index (κ3) is 2.09. The molecule has 1 heterocycles. The Kier molecular flexibility index (Phi) is 3.21. The Labute approximate surface area is 107 Å². The van der Waals surface area contributed by atoms with E-state index in [1.165, 1.54) is 6.07 Å². The molecule has 1 fully saturated rings. The molecular formula is C14H19ClFN. The summed E-state index contributed by atoms with van der Waals surface area (Å²) in [6.07, 6.45) is 2.05. The normalized spacial score (nSPS) is 25.2. The quantitative estimate of drug-likeness (QED) is 0.797. The summed E-state index contributed by atoms with van der Waals surface area (Å²) in [4.78, 5) is 0. The molecule has 3 heteroatoms. The average Bonchev–Trinajstić information content (AvgIpc) is 2.66. The van der Waals surface area contributed by atoms with E-state index in [0.717, 1.165) is 24.9 Å². The van der Waals surface area contributed by atoms with Gasteiger partial charge >= 0.3 is 0 Å². The van der Waals surface area contributed by atoms with Gasteiger partial charge in [-0.15, -0.1) is 0 Å². The fourth-order valence-electron chi connectivity index (χ4n) is 2.85. The highest BCUT2D eigenvalue weighted by Gasteiger charge is 2.46. The molecule has 94 valence electrons. The van der Waals surface area contributed by atoms with Crippen molar-refractivity contribution >= 4 is 11.6 Å². The first-order valence-corrected chi connectivity index (χ1v) is 6.45. The van der Waals surface area contributed by atoms with Crippen molar-refractivity contribution in [3.05, 3.63) is 34.6 Å². The second kappa shape index (κ2) is 4.25. The summed E-state index contributed by atoms with van der Waals surface area (Å²) in [6.45, 7) is 7.40. The minimum absolute atomic E-state index is 0.0296. The highest BCUT2D eigenvalue weighted by atomic mass is 35.5. The predicted molar refractivity (Wildman–Crippen MR) is 69.8 cm³/mol. The van der Waals surface area contributed by atoms with E-state index in [9.17, 15) is 4.39 Å². The summed E-state index contributed by atoms with van der Waals surface area (Å²) < 4.78 is 14.2. The van der Waals surface area contributed by atoms with Crippen LogP contribution in [0.5, 0.6) is 0 Å². The van der Waals surface area contributed by atoms with E-state index in [4.69, 9.17) is 11.6 Å². The maximum absolute atomic E-state index is 14.2. The Hall–Kier alpha value is -0.600. The zero-order valence-corrected chi connectivity index (χ0v) is 11.4. The Bertz CT molecular complexity index is 417. The monoisotopic (exact) mass is 255 g/mol. The first-order chi connectivity index (χ1) is 7.87. The zero-order valence-electron chi connectivity index (χ0n) is 10.6. The van der Waals surface area contributed by atoms with Gasteiger partial charge in [-0.2, -0.15) is 0 Å². The molecule has 17 heavy (non-hydrogen) atoms. The highest BCUT2D eigenvalue weighted by molar-refractivity contribution is 6.30. The molecule has 1 saturated heterocycles. The van der Waals surface area contributed by atoms with Crippen molar-refractivity contribution in [1.82, 2.24) is 5.32 Å². The fraction of sp³-hybridized carbons (Fsp3) is 0.571. The predicted octanol–water partition coefficient (Wildman–Crippen LogP) is 4.10. The average molecular weight is 256 g/mol. The zero-order chi connectivity index (χ0) is 12.7. The largest absolute Gasteiger partial charge is 0.307 e. The molecule has 1 aromatic rings. The molecule has 0 aliphatic carbocycles. The van der Waals surface area contributed by atoms with Crippen molar-refractivity contribution in [1.29, 1.82) is 0 Å². The van der Waals surface area contributed by atoms with E-state index < -0.39 is 0 Å². The molecule has 1 N–H and O–H groups in total. The van der Waals surface area contributed by atoms with Crippen LogP contribution in [-0.4, -0.2) is 6.54 Å². The van der Waals surface area contributed by atoms with E-state index >= 15 is 0 Å². The van der Waals surface area contributed by atoms with Gasteiger partial charge in [0.15, 0.2) is 0 Å². The number of rotatable bonds is 1. The van der Waals surface area contributed by atoms with Crippen LogP contribution in [0.25, 0.3) is 0 Å². The van der Waals surface area contributed by atoms with Crippen LogP contribution in [0, 0.1) is 11.2 Å². The first-order valence-electron chi connectivity index (χ1n) is 6.07. The van der Waals surface area contributed by atoms with Crippen molar-refractivity contribution in [3.63, 3.8) is 0 Å². The third-order valence-corrected chi connectivity index (χ3v) is 4.06. The molecular weight excluding hydrogens is 237 g/mol. The number of hydrogen-bond donors (Lipinski definition) is 1. The van der Waals surface area contributed by atoms with Crippen LogP contribution in [0.1, 0.15) is 39.2 Å². The fourth-order valence-corrected chi connectivity index (χ4v) is 3.01. The summed E-state index contributed by atoms with van der Waals surface area (Å²) in [5, 5.41) is 3.96. The van der Waals surface area contributed by atoms with Crippen molar-refractivity contribution in [2.75, 3.05) is 6.54 Å². The third-order valence-electron chi connectivity index (χ3n) is 3.83. The number of benzene rings is 1. The minimum atomic E-state index is -0.276. The van der Waals surface area contributed by atoms with Gasteiger partial charge in [0.2, 0.25) is 0 Å². The van der Waals surface area contributed by atoms with Crippen molar-refractivity contribution in [2.24, 2.45) is 5.41 Å². The smallest absolute Gasteiger partial charge is 0.129 e. The van der Waals surface area contributed by atoms with Crippen LogP contribution in [-0.2, 0) is 5.54 Å². The first kappa shape index (κ1) is 12.8. The lowest BCUT2D eigenvalue weighted by atomic mass is 9.68. The van der Waals surface area contributed by atoms with Crippen molar-refractivity contribution in [3.8, 4) is 0 Å². The van der Waals surface area contributed by atoms with Gasteiger partial charge in [-0.05, 0) is 36.9 Å². The van der Waals surface area contributed by atoms with Crippen LogP contribution in [0.4, 0.5) is 4.39 Å². The Balaban J connectivity index is 2.54. The van der Waals surface area contributed by atoms with Crippen LogP contribution in [0.3, 0.4) is 0 Å². The molecule has 0 bridgehead atoms. The molecule has 0 saturated carbocycles. The van der Waals surface area contributed by atoms with Crippen LogP contribution in [0.2, 0.25) is 5.02 Å². The molecule has 0 radical (unpaired) electrons. The van der Waals surface area contributed by atoms with E-state index in [0.29, 0.717) is 5.02 Å². The van der Waals surface area contributed by atoms with Crippen molar-refractivity contribution < 1.29 is 4.39 Å². The van der Waals surface area contributed by atoms with Gasteiger partial charge in [0, 0.05) is 10.6 Å². The topological polar surface area (TPSA) is 12.0 Å². The highest BCUT2D eigenvalue weighted by Crippen LogP contribution is 2.46. The number of nitrogens with one attached hydrogen (secondary N) is 1. The Morgan fingerprint density at radius 2 is 2.06 bits per heavy atom. The molecule has 1 nitrogen and oxygen atoms in total. The van der Waals surface area contributed by atoms with Gasteiger partial charge in [-0.1, -0.05) is 38.4 Å². The van der Waals surface area contributed by atoms with E-state index in [-0.39, 0.29) is 16.8 Å². The van der Waals surface area contributed by atoms with Crippen LogP contribution in [0.15, 0.2) is 18.2 Å². The van der Waals surface area contributed by atoms with Gasteiger partial charge in [0.25, 0.3) is 0 Å².